The maximum Gasteiger partial charge on any atom is 0.278 e. The van der Waals surface area contributed by atoms with E-state index >= 15 is 0 Å². The first-order chi connectivity index (χ1) is 7.07. The number of halogens is 3. The van der Waals surface area contributed by atoms with Crippen molar-refractivity contribution in [3.05, 3.63) is 11.7 Å². The smallest absolute Gasteiger partial charge is 0.278 e. The standard InChI is InChI=1S/C9H11Cl3N2O/c10-9(11,12)8-13-7(14-15-8)6-4-2-1-3-5-6/h6H,1-5H2. The van der Waals surface area contributed by atoms with Gasteiger partial charge in [0, 0.05) is 5.92 Å². The fourth-order valence-electron chi connectivity index (χ4n) is 1.88. The van der Waals surface area contributed by atoms with Crippen LogP contribution in [0.2, 0.25) is 0 Å². The van der Waals surface area contributed by atoms with Gasteiger partial charge in [0.05, 0.1) is 0 Å². The molecule has 0 aromatic carbocycles. The van der Waals surface area contributed by atoms with E-state index in [0.29, 0.717) is 11.7 Å². The van der Waals surface area contributed by atoms with Crippen molar-refractivity contribution >= 4 is 34.8 Å². The van der Waals surface area contributed by atoms with Gasteiger partial charge >= 0.3 is 0 Å². The molecule has 1 aromatic rings. The molecule has 0 radical (unpaired) electrons. The van der Waals surface area contributed by atoms with E-state index in [4.69, 9.17) is 39.3 Å². The van der Waals surface area contributed by atoms with Crippen LogP contribution in [0, 0.1) is 0 Å². The Hall–Kier alpha value is 0.01000. The molecule has 0 aliphatic heterocycles. The molecule has 15 heavy (non-hydrogen) atoms. The van der Waals surface area contributed by atoms with E-state index in [1.165, 1.54) is 19.3 Å². The Morgan fingerprint density at radius 3 is 2.33 bits per heavy atom. The summed E-state index contributed by atoms with van der Waals surface area (Å²) >= 11 is 16.9. The Labute approximate surface area is 103 Å². The Balaban J connectivity index is 2.12. The second-order valence-electron chi connectivity index (χ2n) is 3.79. The summed E-state index contributed by atoms with van der Waals surface area (Å²) in [6.07, 6.45) is 5.90. The van der Waals surface area contributed by atoms with E-state index in [1.807, 2.05) is 0 Å². The second-order valence-corrected chi connectivity index (χ2v) is 6.07. The molecule has 0 spiro atoms. The lowest BCUT2D eigenvalue weighted by molar-refractivity contribution is 0.360. The molecule has 1 saturated carbocycles. The van der Waals surface area contributed by atoms with Gasteiger partial charge in [0.25, 0.3) is 9.68 Å². The Kier molecular flexibility index (Phi) is 3.43. The molecule has 1 aliphatic carbocycles. The van der Waals surface area contributed by atoms with Crippen LogP contribution >= 0.6 is 34.8 Å². The van der Waals surface area contributed by atoms with Crippen LogP contribution in [0.4, 0.5) is 0 Å². The van der Waals surface area contributed by atoms with Crippen LogP contribution < -0.4 is 0 Å². The number of aromatic nitrogens is 2. The molecular weight excluding hydrogens is 258 g/mol. The minimum atomic E-state index is -1.61. The molecule has 3 nitrogen and oxygen atoms in total. The highest BCUT2D eigenvalue weighted by atomic mass is 35.6. The van der Waals surface area contributed by atoms with Crippen molar-refractivity contribution in [2.45, 2.75) is 41.8 Å². The minimum Gasteiger partial charge on any atom is -0.335 e. The highest BCUT2D eigenvalue weighted by Crippen LogP contribution is 2.38. The fourth-order valence-corrected chi connectivity index (χ4v) is 2.11. The number of hydrogen-bond acceptors (Lipinski definition) is 3. The van der Waals surface area contributed by atoms with E-state index < -0.39 is 3.79 Å². The molecule has 1 aliphatic rings. The van der Waals surface area contributed by atoms with Crippen molar-refractivity contribution in [1.29, 1.82) is 0 Å². The van der Waals surface area contributed by atoms with Crippen LogP contribution in [0.1, 0.15) is 49.7 Å². The zero-order valence-corrected chi connectivity index (χ0v) is 10.3. The third-order valence-electron chi connectivity index (χ3n) is 2.65. The molecule has 0 N–H and O–H groups in total. The summed E-state index contributed by atoms with van der Waals surface area (Å²) in [6, 6.07) is 0. The van der Waals surface area contributed by atoms with Crippen LogP contribution in [-0.4, -0.2) is 10.1 Å². The van der Waals surface area contributed by atoms with E-state index in [0.717, 1.165) is 12.8 Å². The summed E-state index contributed by atoms with van der Waals surface area (Å²) in [5.74, 6) is 1.10. The molecule has 0 unspecified atom stereocenters. The summed E-state index contributed by atoms with van der Waals surface area (Å²) in [5, 5.41) is 3.87. The maximum absolute atomic E-state index is 5.65. The Morgan fingerprint density at radius 2 is 1.80 bits per heavy atom. The van der Waals surface area contributed by atoms with E-state index in [9.17, 15) is 0 Å². The van der Waals surface area contributed by atoms with Crippen molar-refractivity contribution in [2.24, 2.45) is 0 Å². The minimum absolute atomic E-state index is 0.0630. The topological polar surface area (TPSA) is 38.9 Å². The number of rotatable bonds is 1. The van der Waals surface area contributed by atoms with Gasteiger partial charge < -0.3 is 4.52 Å². The first-order valence-corrected chi connectivity index (χ1v) is 6.11. The monoisotopic (exact) mass is 268 g/mol. The fraction of sp³-hybridized carbons (Fsp3) is 0.778. The molecule has 6 heteroatoms. The largest absolute Gasteiger partial charge is 0.335 e. The van der Waals surface area contributed by atoms with Crippen LogP contribution in [0.25, 0.3) is 0 Å². The van der Waals surface area contributed by atoms with E-state index in [2.05, 4.69) is 10.1 Å². The van der Waals surface area contributed by atoms with Gasteiger partial charge in [-0.25, -0.2) is 0 Å². The lowest BCUT2D eigenvalue weighted by Crippen LogP contribution is -2.07. The third kappa shape index (κ3) is 2.77. The summed E-state index contributed by atoms with van der Waals surface area (Å²) < 4.78 is 3.31. The molecule has 2 rings (SSSR count). The number of hydrogen-bond donors (Lipinski definition) is 0. The van der Waals surface area contributed by atoms with Gasteiger partial charge in [-0.3, -0.25) is 0 Å². The maximum atomic E-state index is 5.65. The Bertz CT molecular complexity index is 328. The van der Waals surface area contributed by atoms with Crippen molar-refractivity contribution in [3.63, 3.8) is 0 Å². The average molecular weight is 270 g/mol. The lowest BCUT2D eigenvalue weighted by atomic mass is 9.89. The van der Waals surface area contributed by atoms with Crippen LogP contribution in [0.3, 0.4) is 0 Å². The van der Waals surface area contributed by atoms with Crippen molar-refractivity contribution in [1.82, 2.24) is 10.1 Å². The van der Waals surface area contributed by atoms with Crippen molar-refractivity contribution in [2.75, 3.05) is 0 Å². The molecule has 0 atom stereocenters. The third-order valence-corrected chi connectivity index (χ3v) is 3.14. The first-order valence-electron chi connectivity index (χ1n) is 4.98. The molecule has 84 valence electrons. The highest BCUT2D eigenvalue weighted by molar-refractivity contribution is 6.66. The molecule has 0 amide bonds. The average Bonchev–Trinajstić information content (AvgIpc) is 2.67. The van der Waals surface area contributed by atoms with E-state index in [-0.39, 0.29) is 5.89 Å². The molecule has 0 bridgehead atoms. The number of alkyl halides is 3. The molecule has 1 heterocycles. The van der Waals surface area contributed by atoms with Gasteiger partial charge in [-0.1, -0.05) is 59.2 Å². The highest BCUT2D eigenvalue weighted by Gasteiger charge is 2.32. The summed E-state index contributed by atoms with van der Waals surface area (Å²) in [6.45, 7) is 0. The quantitative estimate of drug-likeness (QED) is 0.725. The lowest BCUT2D eigenvalue weighted by Gasteiger charge is -2.17. The van der Waals surface area contributed by atoms with Gasteiger partial charge in [-0.15, -0.1) is 0 Å². The van der Waals surface area contributed by atoms with Gasteiger partial charge in [0.15, 0.2) is 5.82 Å². The van der Waals surface area contributed by atoms with E-state index in [1.54, 1.807) is 0 Å². The van der Waals surface area contributed by atoms with Crippen LogP contribution in [0.5, 0.6) is 0 Å². The Morgan fingerprint density at radius 1 is 1.13 bits per heavy atom. The van der Waals surface area contributed by atoms with Gasteiger partial charge in [0.2, 0.25) is 0 Å². The molecule has 1 fully saturated rings. The van der Waals surface area contributed by atoms with Crippen molar-refractivity contribution < 1.29 is 4.52 Å². The van der Waals surface area contributed by atoms with Crippen molar-refractivity contribution in [3.8, 4) is 0 Å². The van der Waals surface area contributed by atoms with Crippen LogP contribution in [0.15, 0.2) is 4.52 Å². The predicted molar refractivity (Wildman–Crippen MR) is 59.4 cm³/mol. The normalized spacial score (nSPS) is 19.4. The SMILES string of the molecule is ClC(Cl)(Cl)c1nc(C2CCCCC2)no1. The second kappa shape index (κ2) is 4.48. The summed E-state index contributed by atoms with van der Waals surface area (Å²) in [7, 11) is 0. The van der Waals surface area contributed by atoms with Gasteiger partial charge in [0.1, 0.15) is 0 Å². The first kappa shape index (κ1) is 11.5. The molecule has 1 aromatic heterocycles. The summed E-state index contributed by atoms with van der Waals surface area (Å²) in [5.41, 5.74) is 0. The van der Waals surface area contributed by atoms with Gasteiger partial charge in [-0.05, 0) is 12.8 Å². The summed E-state index contributed by atoms with van der Waals surface area (Å²) in [4.78, 5) is 4.13. The zero-order valence-electron chi connectivity index (χ0n) is 8.05. The van der Waals surface area contributed by atoms with Crippen LogP contribution in [-0.2, 0) is 3.79 Å². The zero-order chi connectivity index (χ0) is 10.9. The molecular formula is C9H11Cl3N2O. The number of nitrogens with zero attached hydrogens (tertiary/aromatic N) is 2. The molecule has 0 saturated heterocycles. The predicted octanol–water partition coefficient (Wildman–Crippen LogP) is 3.94. The van der Waals surface area contributed by atoms with Gasteiger partial charge in [-0.2, -0.15) is 4.98 Å².